The standard InChI is InChI=1S/C25H29N3O3S2/c1-4-20-7-5-6-14-28(20)33(30,31)21-11-9-19(10-12-21)24(29)27-25-26-23(16-32-25)22-13-8-17(2)15-18(22)3/h8-13,15-16,20H,4-7,14H2,1-3H3,(H,26,27,29). The Hall–Kier alpha value is -2.55. The number of thiazole rings is 1. The van der Waals surface area contributed by atoms with Crippen LogP contribution >= 0.6 is 11.3 Å². The molecule has 1 unspecified atom stereocenters. The van der Waals surface area contributed by atoms with Crippen molar-refractivity contribution in [1.29, 1.82) is 0 Å². The summed E-state index contributed by atoms with van der Waals surface area (Å²) in [6, 6.07) is 12.4. The molecular weight excluding hydrogens is 454 g/mol. The van der Waals surface area contributed by atoms with Crippen molar-refractivity contribution >= 4 is 32.4 Å². The van der Waals surface area contributed by atoms with E-state index in [1.54, 1.807) is 16.4 Å². The van der Waals surface area contributed by atoms with Crippen molar-refractivity contribution in [1.82, 2.24) is 9.29 Å². The second-order valence-corrected chi connectivity index (χ2v) is 11.3. The van der Waals surface area contributed by atoms with E-state index in [0.29, 0.717) is 17.2 Å². The maximum atomic E-state index is 13.1. The van der Waals surface area contributed by atoms with Gasteiger partial charge in [-0.25, -0.2) is 13.4 Å². The first-order chi connectivity index (χ1) is 15.8. The Balaban J connectivity index is 1.47. The number of amides is 1. The number of hydrogen-bond acceptors (Lipinski definition) is 5. The molecule has 0 saturated carbocycles. The predicted molar refractivity (Wildman–Crippen MR) is 133 cm³/mol. The molecule has 1 amide bonds. The number of carbonyl (C=O) groups excluding carboxylic acids is 1. The molecule has 1 atom stereocenters. The molecule has 2 heterocycles. The Bertz CT molecular complexity index is 1250. The highest BCUT2D eigenvalue weighted by Gasteiger charge is 2.32. The highest BCUT2D eigenvalue weighted by Crippen LogP contribution is 2.29. The van der Waals surface area contributed by atoms with Crippen molar-refractivity contribution in [3.05, 3.63) is 64.5 Å². The van der Waals surface area contributed by atoms with E-state index in [-0.39, 0.29) is 16.8 Å². The molecule has 3 aromatic rings. The highest BCUT2D eigenvalue weighted by molar-refractivity contribution is 7.89. The summed E-state index contributed by atoms with van der Waals surface area (Å²) in [5.74, 6) is -0.315. The minimum absolute atomic E-state index is 0.0444. The van der Waals surface area contributed by atoms with Gasteiger partial charge in [-0.15, -0.1) is 11.3 Å². The molecule has 6 nitrogen and oxygen atoms in total. The summed E-state index contributed by atoms with van der Waals surface area (Å²) in [6.07, 6.45) is 3.64. The topological polar surface area (TPSA) is 79.4 Å². The van der Waals surface area contributed by atoms with Gasteiger partial charge in [0.05, 0.1) is 10.6 Å². The molecule has 8 heteroatoms. The van der Waals surface area contributed by atoms with E-state index in [4.69, 9.17) is 0 Å². The zero-order chi connectivity index (χ0) is 23.6. The van der Waals surface area contributed by atoms with E-state index in [0.717, 1.165) is 42.5 Å². The average molecular weight is 484 g/mol. The van der Waals surface area contributed by atoms with Gasteiger partial charge in [-0.1, -0.05) is 37.1 Å². The molecule has 1 saturated heterocycles. The quantitative estimate of drug-likeness (QED) is 0.493. The number of carbonyl (C=O) groups is 1. The number of sulfonamides is 1. The van der Waals surface area contributed by atoms with E-state index >= 15 is 0 Å². The molecule has 33 heavy (non-hydrogen) atoms. The highest BCUT2D eigenvalue weighted by atomic mass is 32.2. The molecule has 1 aliphatic heterocycles. The molecule has 4 rings (SSSR count). The summed E-state index contributed by atoms with van der Waals surface area (Å²) < 4.78 is 27.9. The van der Waals surface area contributed by atoms with Crippen molar-refractivity contribution < 1.29 is 13.2 Å². The van der Waals surface area contributed by atoms with Gasteiger partial charge in [0, 0.05) is 29.1 Å². The minimum atomic E-state index is -3.57. The van der Waals surface area contributed by atoms with Crippen LogP contribution in [0.5, 0.6) is 0 Å². The zero-order valence-electron chi connectivity index (χ0n) is 19.2. The minimum Gasteiger partial charge on any atom is -0.298 e. The van der Waals surface area contributed by atoms with E-state index in [9.17, 15) is 13.2 Å². The van der Waals surface area contributed by atoms with Gasteiger partial charge in [0.1, 0.15) is 0 Å². The van der Waals surface area contributed by atoms with Crippen LogP contribution in [0.15, 0.2) is 52.7 Å². The lowest BCUT2D eigenvalue weighted by molar-refractivity contribution is 0.102. The van der Waals surface area contributed by atoms with Crippen molar-refractivity contribution in [2.45, 2.75) is 57.4 Å². The van der Waals surface area contributed by atoms with Crippen LogP contribution in [0.4, 0.5) is 5.13 Å². The fourth-order valence-corrected chi connectivity index (χ4v) is 6.81. The maximum absolute atomic E-state index is 13.1. The molecule has 0 radical (unpaired) electrons. The number of anilines is 1. The number of aromatic nitrogens is 1. The van der Waals surface area contributed by atoms with Crippen LogP contribution in [0.1, 0.15) is 54.1 Å². The summed E-state index contributed by atoms with van der Waals surface area (Å²) in [7, 11) is -3.57. The lowest BCUT2D eigenvalue weighted by Gasteiger charge is -2.34. The Morgan fingerprint density at radius 1 is 1.15 bits per heavy atom. The number of rotatable bonds is 6. The zero-order valence-corrected chi connectivity index (χ0v) is 20.8. The number of nitrogens with zero attached hydrogens (tertiary/aromatic N) is 2. The smallest absolute Gasteiger partial charge is 0.257 e. The van der Waals surface area contributed by atoms with E-state index in [1.165, 1.54) is 29.0 Å². The Morgan fingerprint density at radius 2 is 1.91 bits per heavy atom. The Kier molecular flexibility index (Phi) is 6.97. The third-order valence-electron chi connectivity index (χ3n) is 6.15. The molecule has 0 aliphatic carbocycles. The molecule has 0 spiro atoms. The lowest BCUT2D eigenvalue weighted by atomic mass is 10.0. The van der Waals surface area contributed by atoms with Crippen molar-refractivity contribution in [2.24, 2.45) is 0 Å². The molecule has 2 aromatic carbocycles. The summed E-state index contributed by atoms with van der Waals surface area (Å²) in [5.41, 5.74) is 4.57. The number of piperidine rings is 1. The second-order valence-electron chi connectivity index (χ2n) is 8.51. The normalized spacial score (nSPS) is 17.1. The fourth-order valence-electron chi connectivity index (χ4n) is 4.34. The summed E-state index contributed by atoms with van der Waals surface area (Å²) in [6.45, 7) is 6.67. The number of benzene rings is 2. The average Bonchev–Trinajstić information content (AvgIpc) is 3.27. The predicted octanol–water partition coefficient (Wildman–Crippen LogP) is 5.63. The maximum Gasteiger partial charge on any atom is 0.257 e. The van der Waals surface area contributed by atoms with E-state index < -0.39 is 10.0 Å². The van der Waals surface area contributed by atoms with Crippen LogP contribution in [0.2, 0.25) is 0 Å². The molecule has 1 aromatic heterocycles. The van der Waals surface area contributed by atoms with Crippen LogP contribution in [0, 0.1) is 13.8 Å². The first kappa shape index (κ1) is 23.6. The van der Waals surface area contributed by atoms with Gasteiger partial charge < -0.3 is 0 Å². The summed E-state index contributed by atoms with van der Waals surface area (Å²) >= 11 is 1.36. The van der Waals surface area contributed by atoms with Crippen molar-refractivity contribution in [2.75, 3.05) is 11.9 Å². The van der Waals surface area contributed by atoms with Gasteiger partial charge in [-0.2, -0.15) is 4.31 Å². The number of nitrogens with one attached hydrogen (secondary N) is 1. The third-order valence-corrected chi connectivity index (χ3v) is 8.87. The van der Waals surface area contributed by atoms with Crippen molar-refractivity contribution in [3.8, 4) is 11.3 Å². The van der Waals surface area contributed by atoms with Crippen LogP contribution < -0.4 is 5.32 Å². The third kappa shape index (κ3) is 5.03. The first-order valence-corrected chi connectivity index (χ1v) is 13.6. The second kappa shape index (κ2) is 9.75. The summed E-state index contributed by atoms with van der Waals surface area (Å²) in [5, 5.41) is 5.25. The van der Waals surface area contributed by atoms with Crippen LogP contribution in [0.25, 0.3) is 11.3 Å². The van der Waals surface area contributed by atoms with E-state index in [2.05, 4.69) is 23.3 Å². The number of aryl methyl sites for hydroxylation is 2. The first-order valence-electron chi connectivity index (χ1n) is 11.3. The largest absolute Gasteiger partial charge is 0.298 e. The van der Waals surface area contributed by atoms with Gasteiger partial charge >= 0.3 is 0 Å². The summed E-state index contributed by atoms with van der Waals surface area (Å²) in [4.78, 5) is 17.5. The molecule has 1 fully saturated rings. The van der Waals surface area contributed by atoms with E-state index in [1.807, 2.05) is 31.4 Å². The van der Waals surface area contributed by atoms with Gasteiger partial charge in [0.2, 0.25) is 10.0 Å². The SMILES string of the molecule is CCC1CCCCN1S(=O)(=O)c1ccc(C(=O)Nc2nc(-c3ccc(C)cc3C)cs2)cc1. The van der Waals surface area contributed by atoms with Crippen LogP contribution in [0.3, 0.4) is 0 Å². The Labute approximate surface area is 199 Å². The lowest BCUT2D eigenvalue weighted by Crippen LogP contribution is -2.43. The van der Waals surface area contributed by atoms with Crippen molar-refractivity contribution in [3.63, 3.8) is 0 Å². The molecule has 174 valence electrons. The fraction of sp³-hybridized carbons (Fsp3) is 0.360. The molecule has 1 N–H and O–H groups in total. The molecular formula is C25H29N3O3S2. The van der Waals surface area contributed by atoms with Gasteiger partial charge in [0.15, 0.2) is 5.13 Å². The molecule has 1 aliphatic rings. The van der Waals surface area contributed by atoms with Crippen LogP contribution in [-0.2, 0) is 10.0 Å². The number of hydrogen-bond donors (Lipinski definition) is 1. The monoisotopic (exact) mass is 483 g/mol. The molecule has 0 bridgehead atoms. The Morgan fingerprint density at radius 3 is 2.61 bits per heavy atom. The van der Waals surface area contributed by atoms with Gasteiger partial charge in [-0.3, -0.25) is 10.1 Å². The van der Waals surface area contributed by atoms with Gasteiger partial charge in [-0.05, 0) is 62.9 Å². The van der Waals surface area contributed by atoms with Crippen LogP contribution in [-0.4, -0.2) is 36.2 Å². The van der Waals surface area contributed by atoms with Gasteiger partial charge in [0.25, 0.3) is 5.91 Å².